The second kappa shape index (κ2) is 10.4. The minimum atomic E-state index is -3.38. The van der Waals surface area contributed by atoms with Crippen molar-refractivity contribution in [1.82, 2.24) is 9.62 Å². The van der Waals surface area contributed by atoms with Gasteiger partial charge in [-0.3, -0.25) is 4.79 Å². The minimum absolute atomic E-state index is 0.100. The van der Waals surface area contributed by atoms with Gasteiger partial charge in [-0.25, -0.2) is 12.7 Å². The largest absolute Gasteiger partial charge is 0.486 e. The maximum Gasteiger partial charge on any atom is 0.224 e. The van der Waals surface area contributed by atoms with Crippen LogP contribution in [0.1, 0.15) is 24.8 Å². The van der Waals surface area contributed by atoms with Crippen molar-refractivity contribution in [2.75, 3.05) is 32.0 Å². The lowest BCUT2D eigenvalue weighted by Crippen LogP contribution is -2.48. The lowest BCUT2D eigenvalue weighted by Gasteiger charge is -2.32. The number of nitrogens with one attached hydrogen (secondary N) is 1. The van der Waals surface area contributed by atoms with Crippen LogP contribution in [0.15, 0.2) is 54.6 Å². The second-order valence-electron chi connectivity index (χ2n) is 8.35. The van der Waals surface area contributed by atoms with E-state index in [4.69, 9.17) is 9.47 Å². The van der Waals surface area contributed by atoms with Gasteiger partial charge in [0.1, 0.15) is 12.7 Å². The zero-order valence-corrected chi connectivity index (χ0v) is 18.9. The molecule has 1 fully saturated rings. The number of hydrogen-bond donors (Lipinski definition) is 1. The zero-order valence-electron chi connectivity index (χ0n) is 18.1. The van der Waals surface area contributed by atoms with Gasteiger partial charge in [0.05, 0.1) is 18.2 Å². The van der Waals surface area contributed by atoms with Crippen LogP contribution in [0.3, 0.4) is 0 Å². The van der Waals surface area contributed by atoms with E-state index in [0.29, 0.717) is 50.5 Å². The fourth-order valence-corrected chi connectivity index (χ4v) is 5.75. The molecule has 1 saturated heterocycles. The first-order valence-electron chi connectivity index (χ1n) is 11.2. The number of fused-ring (bicyclic) bond motifs is 1. The third kappa shape index (κ3) is 5.81. The van der Waals surface area contributed by atoms with Gasteiger partial charge in [0, 0.05) is 13.1 Å². The summed E-state index contributed by atoms with van der Waals surface area (Å²) in [5, 5.41) is 2.92. The molecular formula is C24H30N2O5S. The second-order valence-corrected chi connectivity index (χ2v) is 10.4. The van der Waals surface area contributed by atoms with Crippen molar-refractivity contribution in [2.45, 2.75) is 31.8 Å². The SMILES string of the molecule is O=C(NCC1COc2ccccc2O1)C1CCCN(S(=O)(=O)CCCc2ccccc2)C1. The Kier molecular flexibility index (Phi) is 7.32. The van der Waals surface area contributed by atoms with Crippen LogP contribution >= 0.6 is 0 Å². The summed E-state index contributed by atoms with van der Waals surface area (Å²) >= 11 is 0. The maximum atomic E-state index is 12.8. The quantitative estimate of drug-likeness (QED) is 0.657. The van der Waals surface area contributed by atoms with E-state index in [-0.39, 0.29) is 30.2 Å². The first-order chi connectivity index (χ1) is 15.5. The molecule has 0 aromatic heterocycles. The number of rotatable bonds is 8. The summed E-state index contributed by atoms with van der Waals surface area (Å²) in [5.74, 6) is 1.00. The molecule has 32 heavy (non-hydrogen) atoms. The Labute approximate surface area is 189 Å². The molecule has 0 spiro atoms. The number of carbonyl (C=O) groups excluding carboxylic acids is 1. The molecule has 172 valence electrons. The summed E-state index contributed by atoms with van der Waals surface area (Å²) < 4.78 is 38.7. The lowest BCUT2D eigenvalue weighted by atomic mass is 9.99. The molecule has 2 heterocycles. The summed E-state index contributed by atoms with van der Waals surface area (Å²) in [4.78, 5) is 12.7. The summed E-state index contributed by atoms with van der Waals surface area (Å²) in [6, 6.07) is 17.3. The number of piperidine rings is 1. The fourth-order valence-electron chi connectivity index (χ4n) is 4.16. The number of para-hydroxylation sites is 2. The summed E-state index contributed by atoms with van der Waals surface area (Å²) in [5.41, 5.74) is 1.13. The van der Waals surface area contributed by atoms with Gasteiger partial charge in [-0.2, -0.15) is 0 Å². The zero-order chi connectivity index (χ0) is 22.4. The molecule has 0 radical (unpaired) electrons. The van der Waals surface area contributed by atoms with Crippen LogP contribution in [0.4, 0.5) is 0 Å². The van der Waals surface area contributed by atoms with Gasteiger partial charge in [-0.1, -0.05) is 42.5 Å². The Bertz CT molecular complexity index is 1010. The average molecular weight is 459 g/mol. The molecule has 2 atom stereocenters. The summed E-state index contributed by atoms with van der Waals surface area (Å²) in [7, 11) is -3.38. The molecule has 2 aromatic carbocycles. The van der Waals surface area contributed by atoms with Crippen molar-refractivity contribution in [3.05, 3.63) is 60.2 Å². The Morgan fingerprint density at radius 2 is 1.81 bits per heavy atom. The van der Waals surface area contributed by atoms with Crippen LogP contribution in [0.5, 0.6) is 11.5 Å². The first-order valence-corrected chi connectivity index (χ1v) is 12.8. The van der Waals surface area contributed by atoms with Crippen molar-refractivity contribution < 1.29 is 22.7 Å². The predicted octanol–water partition coefficient (Wildman–Crippen LogP) is 2.62. The standard InChI is InChI=1S/C24H30N2O5S/c27-24(25-16-21-18-30-22-12-4-5-13-23(22)31-21)20-11-6-14-26(17-20)32(28,29)15-7-10-19-8-2-1-3-9-19/h1-5,8-9,12-13,20-21H,6-7,10-11,14-18H2,(H,25,27). The van der Waals surface area contributed by atoms with E-state index >= 15 is 0 Å². The molecule has 1 N–H and O–H groups in total. The number of hydrogen-bond acceptors (Lipinski definition) is 5. The van der Waals surface area contributed by atoms with Crippen LogP contribution in [0.2, 0.25) is 0 Å². The molecule has 0 saturated carbocycles. The normalized spacial score (nSPS) is 21.1. The molecule has 2 unspecified atom stereocenters. The number of amides is 1. The van der Waals surface area contributed by atoms with Crippen molar-refractivity contribution in [3.8, 4) is 11.5 Å². The Morgan fingerprint density at radius 1 is 1.06 bits per heavy atom. The number of carbonyl (C=O) groups is 1. The summed E-state index contributed by atoms with van der Waals surface area (Å²) in [6.07, 6.45) is 2.40. The molecule has 7 nitrogen and oxygen atoms in total. The van der Waals surface area contributed by atoms with E-state index < -0.39 is 10.0 Å². The fraction of sp³-hybridized carbons (Fsp3) is 0.458. The highest BCUT2D eigenvalue weighted by molar-refractivity contribution is 7.89. The first kappa shape index (κ1) is 22.6. The molecule has 2 aromatic rings. The Morgan fingerprint density at radius 3 is 2.62 bits per heavy atom. The van der Waals surface area contributed by atoms with E-state index in [0.717, 1.165) is 12.0 Å². The molecule has 1 amide bonds. The Balaban J connectivity index is 1.24. The third-order valence-corrected chi connectivity index (χ3v) is 7.85. The Hall–Kier alpha value is -2.58. The third-order valence-electron chi connectivity index (χ3n) is 5.93. The highest BCUT2D eigenvalue weighted by Gasteiger charge is 2.32. The van der Waals surface area contributed by atoms with Gasteiger partial charge in [0.15, 0.2) is 11.5 Å². The van der Waals surface area contributed by atoms with Crippen LogP contribution < -0.4 is 14.8 Å². The van der Waals surface area contributed by atoms with Crippen molar-refractivity contribution in [2.24, 2.45) is 5.92 Å². The number of sulfonamides is 1. The van der Waals surface area contributed by atoms with E-state index in [1.54, 1.807) is 0 Å². The minimum Gasteiger partial charge on any atom is -0.486 e. The smallest absolute Gasteiger partial charge is 0.224 e. The molecule has 0 aliphatic carbocycles. The van der Waals surface area contributed by atoms with Crippen LogP contribution in [0.25, 0.3) is 0 Å². The van der Waals surface area contributed by atoms with E-state index in [9.17, 15) is 13.2 Å². The molecular weight excluding hydrogens is 428 g/mol. The number of nitrogens with zero attached hydrogens (tertiary/aromatic N) is 1. The average Bonchev–Trinajstić information content (AvgIpc) is 2.83. The molecule has 8 heteroatoms. The van der Waals surface area contributed by atoms with Gasteiger partial charge in [0.25, 0.3) is 0 Å². The van der Waals surface area contributed by atoms with Crippen molar-refractivity contribution in [1.29, 1.82) is 0 Å². The number of aryl methyl sites for hydroxylation is 1. The molecule has 2 aliphatic rings. The van der Waals surface area contributed by atoms with Crippen molar-refractivity contribution >= 4 is 15.9 Å². The highest BCUT2D eigenvalue weighted by atomic mass is 32.2. The van der Waals surface area contributed by atoms with Crippen molar-refractivity contribution in [3.63, 3.8) is 0 Å². The van der Waals surface area contributed by atoms with Gasteiger partial charge in [-0.15, -0.1) is 0 Å². The van der Waals surface area contributed by atoms with Gasteiger partial charge >= 0.3 is 0 Å². The maximum absolute atomic E-state index is 12.8. The molecule has 2 aliphatic heterocycles. The van der Waals surface area contributed by atoms with Crippen LogP contribution in [0, 0.1) is 5.92 Å². The highest BCUT2D eigenvalue weighted by Crippen LogP contribution is 2.30. The van der Waals surface area contributed by atoms with Gasteiger partial charge in [-0.05, 0) is 43.4 Å². The topological polar surface area (TPSA) is 84.9 Å². The monoisotopic (exact) mass is 458 g/mol. The number of benzene rings is 2. The van der Waals surface area contributed by atoms with Crippen LogP contribution in [-0.2, 0) is 21.2 Å². The van der Waals surface area contributed by atoms with E-state index in [2.05, 4.69) is 5.32 Å². The molecule has 4 rings (SSSR count). The van der Waals surface area contributed by atoms with E-state index in [1.165, 1.54) is 4.31 Å². The van der Waals surface area contributed by atoms with Crippen LogP contribution in [-0.4, -0.2) is 56.7 Å². The van der Waals surface area contributed by atoms with Gasteiger partial charge in [0.2, 0.25) is 15.9 Å². The summed E-state index contributed by atoms with van der Waals surface area (Å²) in [6.45, 7) is 1.41. The number of ether oxygens (including phenoxy) is 2. The molecule has 0 bridgehead atoms. The predicted molar refractivity (Wildman–Crippen MR) is 122 cm³/mol. The van der Waals surface area contributed by atoms with E-state index in [1.807, 2.05) is 54.6 Å². The van der Waals surface area contributed by atoms with Gasteiger partial charge < -0.3 is 14.8 Å². The lowest BCUT2D eigenvalue weighted by molar-refractivity contribution is -0.126.